The molecule has 2 aliphatic rings. The summed E-state index contributed by atoms with van der Waals surface area (Å²) in [6, 6.07) is 12.1. The fourth-order valence-electron chi connectivity index (χ4n) is 4.71. The summed E-state index contributed by atoms with van der Waals surface area (Å²) in [6.07, 6.45) is 0. The smallest absolute Gasteiger partial charge is 0.296 e. The van der Waals surface area contributed by atoms with E-state index in [0.717, 1.165) is 4.31 Å². The van der Waals surface area contributed by atoms with Gasteiger partial charge in [0.25, 0.3) is 17.6 Å². The molecule has 1 fully saturated rings. The van der Waals surface area contributed by atoms with Crippen molar-refractivity contribution in [1.82, 2.24) is 14.1 Å². The number of hydrogen-bond donors (Lipinski definition) is 1. The maximum absolute atomic E-state index is 13.9. The minimum absolute atomic E-state index is 0.00720. The summed E-state index contributed by atoms with van der Waals surface area (Å²) < 4.78 is 25.9. The number of aliphatic hydroxyl groups is 1. The van der Waals surface area contributed by atoms with E-state index < -0.39 is 38.9 Å². The normalized spacial score (nSPS) is 21.4. The van der Waals surface area contributed by atoms with E-state index in [1.165, 1.54) is 48.2 Å². The average molecular weight is 513 g/mol. The van der Waals surface area contributed by atoms with Crippen LogP contribution in [0.1, 0.15) is 11.1 Å². The molecule has 0 radical (unpaired) electrons. The first kappa shape index (κ1) is 25.5. The second kappa shape index (κ2) is 8.84. The van der Waals surface area contributed by atoms with Crippen molar-refractivity contribution in [1.29, 1.82) is 0 Å². The summed E-state index contributed by atoms with van der Waals surface area (Å²) in [6.45, 7) is 0.452. The number of carbonyl (C=O) groups is 3. The number of nitrogens with zero attached hydrogens (tertiary/aromatic N) is 4. The predicted octanol–water partition coefficient (Wildman–Crippen LogP) is 1.05. The van der Waals surface area contributed by atoms with Gasteiger partial charge in [0.1, 0.15) is 5.76 Å². The standard InChI is InChI=1S/C25H28N4O6S/c1-26(2)14-15-29-23(32)22(31)20(25(29)18-8-6-7-9-19(18)28(5)24(25)33)21(30)16-10-12-17(13-11-16)36(34,35)27(3)4/h6-13,30H,14-15H2,1-5H3/b21-20-/t25-/m1/s1. The van der Waals surface area contributed by atoms with Crippen molar-refractivity contribution in [2.75, 3.05) is 53.2 Å². The van der Waals surface area contributed by atoms with Crippen molar-refractivity contribution in [3.63, 3.8) is 0 Å². The third-order valence-electron chi connectivity index (χ3n) is 6.62. The summed E-state index contributed by atoms with van der Waals surface area (Å²) in [4.78, 5) is 45.0. The van der Waals surface area contributed by atoms with Crippen LogP contribution in [0.5, 0.6) is 0 Å². The first-order valence-electron chi connectivity index (χ1n) is 11.2. The maximum atomic E-state index is 13.9. The molecule has 1 N–H and O–H groups in total. The molecule has 1 spiro atoms. The Hall–Kier alpha value is -3.54. The predicted molar refractivity (Wildman–Crippen MR) is 134 cm³/mol. The van der Waals surface area contributed by atoms with E-state index in [2.05, 4.69) is 0 Å². The zero-order valence-electron chi connectivity index (χ0n) is 20.7. The third kappa shape index (κ3) is 3.54. The van der Waals surface area contributed by atoms with E-state index in [0.29, 0.717) is 17.8 Å². The quantitative estimate of drug-likeness (QED) is 0.349. The van der Waals surface area contributed by atoms with Crippen LogP contribution < -0.4 is 4.90 Å². The highest BCUT2D eigenvalue weighted by molar-refractivity contribution is 7.89. The molecule has 0 aliphatic carbocycles. The summed E-state index contributed by atoms with van der Waals surface area (Å²) in [7, 11) is 4.26. The number of Topliss-reactive ketones (excluding diaryl/α,β-unsaturated/α-hetero) is 1. The van der Waals surface area contributed by atoms with E-state index in [9.17, 15) is 27.9 Å². The van der Waals surface area contributed by atoms with Gasteiger partial charge >= 0.3 is 0 Å². The van der Waals surface area contributed by atoms with Crippen molar-refractivity contribution in [3.05, 3.63) is 65.2 Å². The lowest BCUT2D eigenvalue weighted by molar-refractivity contribution is -0.143. The SMILES string of the molecule is CN(C)CCN1C(=O)C(=O)/C(=C(/O)c2ccc(S(=O)(=O)N(C)C)cc2)[C@]12C(=O)N(C)c1ccccc12. The molecule has 2 aromatic carbocycles. The lowest BCUT2D eigenvalue weighted by atomic mass is 9.82. The Morgan fingerprint density at radius 1 is 0.972 bits per heavy atom. The number of benzene rings is 2. The molecule has 190 valence electrons. The first-order valence-corrected chi connectivity index (χ1v) is 12.7. The van der Waals surface area contributed by atoms with E-state index in [1.54, 1.807) is 31.3 Å². The molecule has 0 bridgehead atoms. The summed E-state index contributed by atoms with van der Waals surface area (Å²) in [5.41, 5.74) is -1.12. The fourth-order valence-corrected chi connectivity index (χ4v) is 5.61. The lowest BCUT2D eigenvalue weighted by Crippen LogP contribution is -2.52. The largest absolute Gasteiger partial charge is 0.507 e. The van der Waals surface area contributed by atoms with Crippen LogP contribution in [0.4, 0.5) is 5.69 Å². The van der Waals surface area contributed by atoms with E-state index in [4.69, 9.17) is 0 Å². The minimum atomic E-state index is -3.72. The van der Waals surface area contributed by atoms with Crippen molar-refractivity contribution < 1.29 is 27.9 Å². The van der Waals surface area contributed by atoms with Gasteiger partial charge in [0.15, 0.2) is 5.54 Å². The van der Waals surface area contributed by atoms with Crippen molar-refractivity contribution in [3.8, 4) is 0 Å². The van der Waals surface area contributed by atoms with Crippen molar-refractivity contribution >= 4 is 39.1 Å². The molecule has 1 atom stereocenters. The fraction of sp³-hybridized carbons (Fsp3) is 0.320. The molecule has 10 nitrogen and oxygen atoms in total. The number of carbonyl (C=O) groups excluding carboxylic acids is 3. The van der Waals surface area contributed by atoms with Crippen LogP contribution in [-0.2, 0) is 29.9 Å². The van der Waals surface area contributed by atoms with Gasteiger partial charge in [0.2, 0.25) is 10.0 Å². The average Bonchev–Trinajstić information content (AvgIpc) is 3.20. The summed E-state index contributed by atoms with van der Waals surface area (Å²) in [5, 5.41) is 11.4. The summed E-state index contributed by atoms with van der Waals surface area (Å²) >= 11 is 0. The first-order chi connectivity index (χ1) is 16.9. The second-order valence-electron chi connectivity index (χ2n) is 9.22. The van der Waals surface area contributed by atoms with Crippen molar-refractivity contribution in [2.45, 2.75) is 10.4 Å². The van der Waals surface area contributed by atoms with E-state index >= 15 is 0 Å². The van der Waals surface area contributed by atoms with Crippen LogP contribution in [0.15, 0.2) is 59.0 Å². The highest BCUT2D eigenvalue weighted by atomic mass is 32.2. The molecule has 11 heteroatoms. The molecule has 36 heavy (non-hydrogen) atoms. The van der Waals surface area contributed by atoms with Gasteiger partial charge in [-0.1, -0.05) is 18.2 Å². The number of likely N-dealkylation sites (tertiary alicyclic amines) is 1. The summed E-state index contributed by atoms with van der Waals surface area (Å²) in [5.74, 6) is -2.94. The molecule has 2 heterocycles. The van der Waals surface area contributed by atoms with Crippen LogP contribution in [-0.4, -0.2) is 93.6 Å². The number of fused-ring (bicyclic) bond motifs is 2. The highest BCUT2D eigenvalue weighted by Gasteiger charge is 2.66. The molecule has 4 rings (SSSR count). The van der Waals surface area contributed by atoms with E-state index in [-0.39, 0.29) is 22.6 Å². The number of likely N-dealkylation sites (N-methyl/N-ethyl adjacent to an activating group) is 2. The monoisotopic (exact) mass is 512 g/mol. The number of hydrogen-bond acceptors (Lipinski definition) is 7. The topological polar surface area (TPSA) is 119 Å². The Balaban J connectivity index is 1.97. The van der Waals surface area contributed by atoms with Gasteiger partial charge in [0, 0.05) is 51.0 Å². The number of para-hydroxylation sites is 1. The number of aliphatic hydroxyl groups excluding tert-OH is 1. The van der Waals surface area contributed by atoms with Gasteiger partial charge in [-0.3, -0.25) is 14.4 Å². The Labute approximate surface area is 210 Å². The molecular weight excluding hydrogens is 484 g/mol. The van der Waals surface area contributed by atoms with Crippen LogP contribution in [0.25, 0.3) is 5.76 Å². The molecule has 2 aliphatic heterocycles. The zero-order chi connectivity index (χ0) is 26.6. The van der Waals surface area contributed by atoms with Crippen LogP contribution in [0.2, 0.25) is 0 Å². The Bertz CT molecular complexity index is 1400. The van der Waals surface area contributed by atoms with Crippen LogP contribution >= 0.6 is 0 Å². The zero-order valence-corrected chi connectivity index (χ0v) is 21.5. The minimum Gasteiger partial charge on any atom is -0.507 e. The van der Waals surface area contributed by atoms with Gasteiger partial charge < -0.3 is 19.8 Å². The van der Waals surface area contributed by atoms with Gasteiger partial charge in [-0.15, -0.1) is 0 Å². The van der Waals surface area contributed by atoms with Gasteiger partial charge in [0.05, 0.1) is 10.5 Å². The second-order valence-corrected chi connectivity index (χ2v) is 11.4. The lowest BCUT2D eigenvalue weighted by Gasteiger charge is -2.34. The molecule has 0 unspecified atom stereocenters. The maximum Gasteiger partial charge on any atom is 0.296 e. The highest BCUT2D eigenvalue weighted by Crippen LogP contribution is 2.53. The molecule has 0 saturated carbocycles. The van der Waals surface area contributed by atoms with Gasteiger partial charge in [-0.05, 0) is 44.4 Å². The number of ketones is 1. The molecule has 2 aromatic rings. The van der Waals surface area contributed by atoms with Crippen molar-refractivity contribution in [2.24, 2.45) is 0 Å². The molecule has 0 aromatic heterocycles. The van der Waals surface area contributed by atoms with Crippen LogP contribution in [0, 0.1) is 0 Å². The Morgan fingerprint density at radius 2 is 1.58 bits per heavy atom. The molecule has 1 saturated heterocycles. The van der Waals surface area contributed by atoms with E-state index in [1.807, 2.05) is 19.0 Å². The number of anilines is 1. The van der Waals surface area contributed by atoms with Crippen LogP contribution in [0.3, 0.4) is 0 Å². The number of rotatable bonds is 6. The Morgan fingerprint density at radius 3 is 2.17 bits per heavy atom. The molecular formula is C25H28N4O6S. The van der Waals surface area contributed by atoms with Gasteiger partial charge in [-0.25, -0.2) is 12.7 Å². The Kier molecular flexibility index (Phi) is 6.27. The third-order valence-corrected chi connectivity index (χ3v) is 8.45. The number of amides is 2. The number of sulfonamides is 1. The van der Waals surface area contributed by atoms with Gasteiger partial charge in [-0.2, -0.15) is 0 Å². The molecule has 2 amide bonds.